The van der Waals surface area contributed by atoms with Crippen LogP contribution in [-0.4, -0.2) is 41.8 Å². The molecule has 1 amide bonds. The Hall–Kier alpha value is -3.28. The highest BCUT2D eigenvalue weighted by Crippen LogP contribution is 2.26. The van der Waals surface area contributed by atoms with Crippen LogP contribution in [0.1, 0.15) is 12.0 Å². The Labute approximate surface area is 151 Å². The second-order valence-electron chi connectivity index (χ2n) is 6.29. The lowest BCUT2D eigenvalue weighted by Crippen LogP contribution is -2.28. The van der Waals surface area contributed by atoms with Crippen LogP contribution in [0.3, 0.4) is 0 Å². The molecular formula is C20H20N4O2. The summed E-state index contributed by atoms with van der Waals surface area (Å²) in [6.45, 7) is 2.19. The Morgan fingerprint density at radius 3 is 2.73 bits per heavy atom. The molecule has 4 rings (SSSR count). The zero-order valence-corrected chi connectivity index (χ0v) is 14.3. The summed E-state index contributed by atoms with van der Waals surface area (Å²) in [4.78, 5) is 21.1. The molecule has 1 aromatic heterocycles. The van der Waals surface area contributed by atoms with Crippen molar-refractivity contribution >= 4 is 34.4 Å². The molecule has 2 aromatic carbocycles. The summed E-state index contributed by atoms with van der Waals surface area (Å²) in [6, 6.07) is 15.6. The van der Waals surface area contributed by atoms with Gasteiger partial charge >= 0.3 is 0 Å². The van der Waals surface area contributed by atoms with Crippen LogP contribution in [0.15, 0.2) is 53.5 Å². The normalized spacial score (nSPS) is 15.4. The maximum Gasteiger partial charge on any atom is 0.221 e. The van der Waals surface area contributed by atoms with E-state index in [0.29, 0.717) is 18.5 Å². The smallest absolute Gasteiger partial charge is 0.221 e. The van der Waals surface area contributed by atoms with Crippen molar-refractivity contribution in [2.75, 3.05) is 24.5 Å². The number of aromatic amines is 1. The molecule has 26 heavy (non-hydrogen) atoms. The molecule has 0 unspecified atom stereocenters. The van der Waals surface area contributed by atoms with Crippen LogP contribution in [0.5, 0.6) is 5.88 Å². The van der Waals surface area contributed by atoms with E-state index in [-0.39, 0.29) is 11.8 Å². The molecule has 6 nitrogen and oxygen atoms in total. The third-order valence-corrected chi connectivity index (χ3v) is 4.60. The van der Waals surface area contributed by atoms with E-state index in [0.717, 1.165) is 35.4 Å². The van der Waals surface area contributed by atoms with Crippen LogP contribution in [0.25, 0.3) is 10.9 Å². The minimum Gasteiger partial charge on any atom is -0.494 e. The highest BCUT2D eigenvalue weighted by molar-refractivity contribution is 6.02. The first-order valence-electron chi connectivity index (χ1n) is 8.66. The summed E-state index contributed by atoms with van der Waals surface area (Å²) in [6.07, 6.45) is 2.19. The lowest BCUT2D eigenvalue weighted by atomic mass is 10.2. The zero-order chi connectivity index (χ0) is 17.9. The molecule has 0 atom stereocenters. The van der Waals surface area contributed by atoms with Gasteiger partial charge in [0.15, 0.2) is 5.88 Å². The van der Waals surface area contributed by atoms with Crippen LogP contribution in [0.4, 0.5) is 11.4 Å². The molecule has 0 saturated carbocycles. The number of anilines is 1. The molecule has 6 heteroatoms. The van der Waals surface area contributed by atoms with Gasteiger partial charge in [0.25, 0.3) is 0 Å². The number of nitrogens with one attached hydrogen (secondary N) is 2. The van der Waals surface area contributed by atoms with Gasteiger partial charge in [-0.15, -0.1) is 0 Å². The van der Waals surface area contributed by atoms with Gasteiger partial charge in [-0.05, 0) is 30.3 Å². The first-order valence-corrected chi connectivity index (χ1v) is 8.66. The SMILES string of the molecule is O=C1CCN(c2ccc(N=Cc3c(O)[nH]c4ccccc34)cc2)CCN1. The summed E-state index contributed by atoms with van der Waals surface area (Å²) in [5.74, 6) is 0.223. The summed E-state index contributed by atoms with van der Waals surface area (Å²) in [5, 5.41) is 13.9. The van der Waals surface area contributed by atoms with Crippen molar-refractivity contribution in [2.45, 2.75) is 6.42 Å². The van der Waals surface area contributed by atoms with Gasteiger partial charge in [-0.25, -0.2) is 0 Å². The fourth-order valence-electron chi connectivity index (χ4n) is 3.19. The number of hydrogen-bond donors (Lipinski definition) is 3. The van der Waals surface area contributed by atoms with E-state index >= 15 is 0 Å². The first-order chi connectivity index (χ1) is 12.7. The zero-order valence-electron chi connectivity index (χ0n) is 14.3. The monoisotopic (exact) mass is 348 g/mol. The minimum atomic E-state index is 0.104. The maximum absolute atomic E-state index is 11.5. The Morgan fingerprint density at radius 1 is 1.08 bits per heavy atom. The first kappa shape index (κ1) is 16.2. The van der Waals surface area contributed by atoms with Crippen molar-refractivity contribution in [3.05, 3.63) is 54.1 Å². The molecule has 1 aliphatic heterocycles. The van der Waals surface area contributed by atoms with Crippen molar-refractivity contribution < 1.29 is 9.90 Å². The quantitative estimate of drug-likeness (QED) is 0.637. The Morgan fingerprint density at radius 2 is 1.88 bits per heavy atom. The third-order valence-electron chi connectivity index (χ3n) is 4.60. The highest BCUT2D eigenvalue weighted by Gasteiger charge is 2.13. The van der Waals surface area contributed by atoms with Gasteiger partial charge < -0.3 is 20.3 Å². The lowest BCUT2D eigenvalue weighted by Gasteiger charge is -2.21. The van der Waals surface area contributed by atoms with Gasteiger partial charge in [-0.3, -0.25) is 9.79 Å². The van der Waals surface area contributed by atoms with Crippen molar-refractivity contribution in [1.82, 2.24) is 10.3 Å². The van der Waals surface area contributed by atoms with E-state index in [1.54, 1.807) is 6.21 Å². The number of hydrogen-bond acceptors (Lipinski definition) is 4. The van der Waals surface area contributed by atoms with Crippen LogP contribution in [0.2, 0.25) is 0 Å². The van der Waals surface area contributed by atoms with Crippen LogP contribution in [-0.2, 0) is 4.79 Å². The fourth-order valence-corrected chi connectivity index (χ4v) is 3.19. The summed E-state index contributed by atoms with van der Waals surface area (Å²) in [5.41, 5.74) is 3.45. The largest absolute Gasteiger partial charge is 0.494 e. The number of amides is 1. The topological polar surface area (TPSA) is 80.7 Å². The molecule has 1 fully saturated rings. The highest BCUT2D eigenvalue weighted by atomic mass is 16.3. The van der Waals surface area contributed by atoms with E-state index < -0.39 is 0 Å². The summed E-state index contributed by atoms with van der Waals surface area (Å²) >= 11 is 0. The van der Waals surface area contributed by atoms with Gasteiger partial charge in [0.1, 0.15) is 0 Å². The Balaban J connectivity index is 1.53. The number of H-pyrrole nitrogens is 1. The number of aromatic hydroxyl groups is 1. The summed E-state index contributed by atoms with van der Waals surface area (Å²) < 4.78 is 0. The molecule has 0 bridgehead atoms. The van der Waals surface area contributed by atoms with Gasteiger partial charge in [0, 0.05) is 48.9 Å². The number of para-hydroxylation sites is 1. The molecule has 1 aliphatic rings. The molecular weight excluding hydrogens is 328 g/mol. The number of carbonyl (C=O) groups excluding carboxylic acids is 1. The van der Waals surface area contributed by atoms with E-state index in [2.05, 4.69) is 20.2 Å². The van der Waals surface area contributed by atoms with Crippen molar-refractivity contribution in [3.8, 4) is 5.88 Å². The molecule has 0 aliphatic carbocycles. The van der Waals surface area contributed by atoms with Crippen LogP contribution in [0, 0.1) is 0 Å². The van der Waals surface area contributed by atoms with Gasteiger partial charge in [-0.2, -0.15) is 0 Å². The third kappa shape index (κ3) is 3.26. The number of aromatic nitrogens is 1. The second kappa shape index (κ2) is 6.92. The van der Waals surface area contributed by atoms with Crippen molar-refractivity contribution in [3.63, 3.8) is 0 Å². The predicted molar refractivity (Wildman–Crippen MR) is 103 cm³/mol. The Bertz CT molecular complexity index is 960. The predicted octanol–water partition coefficient (Wildman–Crippen LogP) is 2.95. The van der Waals surface area contributed by atoms with Gasteiger partial charge in [0.2, 0.25) is 5.91 Å². The van der Waals surface area contributed by atoms with Gasteiger partial charge in [0.05, 0.1) is 11.3 Å². The van der Waals surface area contributed by atoms with Crippen LogP contribution >= 0.6 is 0 Å². The number of nitrogens with zero attached hydrogens (tertiary/aromatic N) is 2. The van der Waals surface area contributed by atoms with E-state index in [9.17, 15) is 9.90 Å². The van der Waals surface area contributed by atoms with Gasteiger partial charge in [-0.1, -0.05) is 18.2 Å². The standard InChI is InChI=1S/C20H20N4O2/c25-19-9-11-24(12-10-21-19)15-7-5-14(6-8-15)22-13-17-16-3-1-2-4-18(16)23-20(17)26/h1-8,13,23,26H,9-12H2,(H,21,25). The number of carbonyl (C=O) groups is 1. The molecule has 2 heterocycles. The average molecular weight is 348 g/mol. The van der Waals surface area contributed by atoms with E-state index in [1.165, 1.54) is 0 Å². The van der Waals surface area contributed by atoms with Crippen molar-refractivity contribution in [2.24, 2.45) is 4.99 Å². The minimum absolute atomic E-state index is 0.104. The molecule has 3 aromatic rings. The van der Waals surface area contributed by atoms with Crippen molar-refractivity contribution in [1.29, 1.82) is 0 Å². The molecule has 3 N–H and O–H groups in total. The molecule has 1 saturated heterocycles. The number of aliphatic imine (C=N–C) groups is 1. The number of fused-ring (bicyclic) bond motifs is 1. The van der Waals surface area contributed by atoms with E-state index in [4.69, 9.17) is 0 Å². The fraction of sp³-hybridized carbons (Fsp3) is 0.200. The van der Waals surface area contributed by atoms with Crippen LogP contribution < -0.4 is 10.2 Å². The molecule has 0 radical (unpaired) electrons. The lowest BCUT2D eigenvalue weighted by molar-refractivity contribution is -0.120. The number of benzene rings is 2. The molecule has 0 spiro atoms. The second-order valence-corrected chi connectivity index (χ2v) is 6.29. The maximum atomic E-state index is 11.5. The average Bonchev–Trinajstić information content (AvgIpc) is 2.82. The molecule has 132 valence electrons. The summed E-state index contributed by atoms with van der Waals surface area (Å²) in [7, 11) is 0. The van der Waals surface area contributed by atoms with E-state index in [1.807, 2.05) is 48.5 Å². The Kier molecular flexibility index (Phi) is 4.31. The number of rotatable bonds is 3.